The summed E-state index contributed by atoms with van der Waals surface area (Å²) < 4.78 is 31.0. The van der Waals surface area contributed by atoms with Crippen LogP contribution >= 0.6 is 0 Å². The van der Waals surface area contributed by atoms with Crippen LogP contribution in [-0.2, 0) is 19.6 Å². The van der Waals surface area contributed by atoms with E-state index in [0.717, 1.165) is 0 Å². The second-order valence-electron chi connectivity index (χ2n) is 4.54. The van der Waals surface area contributed by atoms with Gasteiger partial charge in [0.05, 0.1) is 11.5 Å². The van der Waals surface area contributed by atoms with Crippen molar-refractivity contribution in [2.75, 3.05) is 20.3 Å². The number of sulfonamides is 1. The highest BCUT2D eigenvalue weighted by molar-refractivity contribution is 7.90. The molecule has 1 aliphatic heterocycles. The first-order chi connectivity index (χ1) is 9.95. The Balaban J connectivity index is 2.18. The number of nitrogens with one attached hydrogen (secondary N) is 2. The molecule has 1 aromatic carbocycles. The third-order valence-corrected chi connectivity index (χ3v) is 4.37. The average Bonchev–Trinajstić information content (AvgIpc) is 2.71. The summed E-state index contributed by atoms with van der Waals surface area (Å²) >= 11 is 0. The van der Waals surface area contributed by atoms with Crippen molar-refractivity contribution in [3.8, 4) is 0 Å². The molecule has 1 unspecified atom stereocenters. The van der Waals surface area contributed by atoms with Crippen LogP contribution in [-0.4, -0.2) is 46.5 Å². The highest BCUT2D eigenvalue weighted by Gasteiger charge is 2.31. The van der Waals surface area contributed by atoms with Crippen molar-refractivity contribution in [3.63, 3.8) is 0 Å². The zero-order valence-electron chi connectivity index (χ0n) is 11.8. The molecule has 0 bridgehead atoms. The predicted octanol–water partition coefficient (Wildman–Crippen LogP) is -0.124. The molecule has 1 heterocycles. The van der Waals surface area contributed by atoms with E-state index in [1.165, 1.54) is 6.07 Å². The smallest absolute Gasteiger partial charge is 0.263 e. The van der Waals surface area contributed by atoms with Gasteiger partial charge in [-0.2, -0.15) is 0 Å². The van der Waals surface area contributed by atoms with Gasteiger partial charge in [-0.05, 0) is 19.1 Å². The van der Waals surface area contributed by atoms with Crippen LogP contribution in [0.25, 0.3) is 0 Å². The van der Waals surface area contributed by atoms with E-state index in [1.54, 1.807) is 32.2 Å². The van der Waals surface area contributed by atoms with Gasteiger partial charge < -0.3 is 10.1 Å². The van der Waals surface area contributed by atoms with Crippen molar-refractivity contribution in [1.82, 2.24) is 10.0 Å². The summed E-state index contributed by atoms with van der Waals surface area (Å²) in [4.78, 5) is 16.2. The third kappa shape index (κ3) is 3.40. The average molecular weight is 311 g/mol. The predicted molar refractivity (Wildman–Crippen MR) is 77.6 cm³/mol. The summed E-state index contributed by atoms with van der Waals surface area (Å²) in [5.74, 6) is -0.0943. The van der Waals surface area contributed by atoms with Gasteiger partial charge in [-0.25, -0.2) is 8.42 Å². The van der Waals surface area contributed by atoms with Crippen LogP contribution in [0.4, 0.5) is 0 Å². The Labute approximate surface area is 123 Å². The Hall–Kier alpha value is -1.93. The van der Waals surface area contributed by atoms with E-state index in [9.17, 15) is 13.2 Å². The lowest BCUT2D eigenvalue weighted by molar-refractivity contribution is -0.122. The molecule has 21 heavy (non-hydrogen) atoms. The Morgan fingerprint density at radius 2 is 2.14 bits per heavy atom. The number of carbonyl (C=O) groups excluding carboxylic acids is 1. The van der Waals surface area contributed by atoms with Crippen molar-refractivity contribution < 1.29 is 17.9 Å². The van der Waals surface area contributed by atoms with Gasteiger partial charge >= 0.3 is 0 Å². The lowest BCUT2D eigenvalue weighted by atomic mass is 10.2. The van der Waals surface area contributed by atoms with Crippen molar-refractivity contribution >= 4 is 21.8 Å². The first kappa shape index (κ1) is 15.5. The van der Waals surface area contributed by atoms with Gasteiger partial charge in [0.25, 0.3) is 10.0 Å². The molecule has 2 N–H and O–H groups in total. The largest absolute Gasteiger partial charge is 0.383 e. The minimum absolute atomic E-state index is 0.177. The molecule has 1 atom stereocenters. The Bertz CT molecular complexity index is 670. The van der Waals surface area contributed by atoms with Crippen molar-refractivity contribution in [3.05, 3.63) is 29.8 Å². The second kappa shape index (κ2) is 6.23. The zero-order valence-corrected chi connectivity index (χ0v) is 12.6. The normalized spacial score (nSPS) is 18.9. The number of aliphatic imine (C=N–C) groups is 1. The number of carbonyl (C=O) groups is 1. The summed E-state index contributed by atoms with van der Waals surface area (Å²) in [6.45, 7) is 2.39. The van der Waals surface area contributed by atoms with E-state index in [0.29, 0.717) is 18.7 Å². The van der Waals surface area contributed by atoms with Crippen LogP contribution in [0.3, 0.4) is 0 Å². The molecule has 0 saturated heterocycles. The fourth-order valence-electron chi connectivity index (χ4n) is 1.91. The molecule has 1 amide bonds. The molecule has 0 fully saturated rings. The number of hydrogen-bond donors (Lipinski definition) is 2. The molecule has 0 saturated carbocycles. The first-order valence-corrected chi connectivity index (χ1v) is 7.90. The molecule has 1 aliphatic rings. The summed E-state index contributed by atoms with van der Waals surface area (Å²) in [6, 6.07) is 5.82. The molecule has 0 radical (unpaired) electrons. The fourth-order valence-corrected chi connectivity index (χ4v) is 3.15. The number of methoxy groups -OCH3 is 1. The van der Waals surface area contributed by atoms with E-state index in [2.05, 4.69) is 15.0 Å². The van der Waals surface area contributed by atoms with Gasteiger partial charge in [0, 0.05) is 19.2 Å². The summed E-state index contributed by atoms with van der Waals surface area (Å²) in [6.07, 6.45) is 0. The van der Waals surface area contributed by atoms with Gasteiger partial charge in [-0.3, -0.25) is 14.5 Å². The van der Waals surface area contributed by atoms with Gasteiger partial charge in [0.1, 0.15) is 11.9 Å². The Morgan fingerprint density at radius 1 is 1.43 bits per heavy atom. The molecule has 8 heteroatoms. The molecule has 0 aliphatic carbocycles. The number of ether oxygens (including phenoxy) is 1. The standard InChI is InChI=1S/C13H17N3O4S/c1-9(13(17)14-7-8-20-2)15-12-10-5-3-4-6-11(10)21(18,19)16-12/h3-6,9H,7-8H2,1-2H3,(H,14,17)(H,15,16). The summed E-state index contributed by atoms with van der Waals surface area (Å²) in [5, 5.41) is 2.65. The molecule has 1 aromatic rings. The quantitative estimate of drug-likeness (QED) is 0.741. The highest BCUT2D eigenvalue weighted by atomic mass is 32.2. The van der Waals surface area contributed by atoms with Gasteiger partial charge in [0.15, 0.2) is 0 Å². The van der Waals surface area contributed by atoms with Crippen molar-refractivity contribution in [2.45, 2.75) is 17.9 Å². The number of nitrogens with zero attached hydrogens (tertiary/aromatic N) is 1. The molecular formula is C13H17N3O4S. The van der Waals surface area contributed by atoms with Crippen LogP contribution in [0.15, 0.2) is 34.2 Å². The number of amides is 1. The number of amidine groups is 1. The van der Waals surface area contributed by atoms with Gasteiger partial charge in [-0.1, -0.05) is 12.1 Å². The van der Waals surface area contributed by atoms with Crippen LogP contribution in [0.1, 0.15) is 12.5 Å². The minimum atomic E-state index is -3.58. The van der Waals surface area contributed by atoms with E-state index in [4.69, 9.17) is 4.74 Å². The molecule has 114 valence electrons. The van der Waals surface area contributed by atoms with Crippen molar-refractivity contribution in [1.29, 1.82) is 0 Å². The number of rotatable bonds is 5. The summed E-state index contributed by atoms with van der Waals surface area (Å²) in [5.41, 5.74) is 0.481. The second-order valence-corrected chi connectivity index (χ2v) is 6.19. The van der Waals surface area contributed by atoms with Gasteiger partial charge in [-0.15, -0.1) is 0 Å². The lowest BCUT2D eigenvalue weighted by Crippen LogP contribution is -2.35. The Morgan fingerprint density at radius 3 is 2.86 bits per heavy atom. The van der Waals surface area contributed by atoms with Crippen LogP contribution in [0.5, 0.6) is 0 Å². The topological polar surface area (TPSA) is 96.9 Å². The maximum absolute atomic E-state index is 11.9. The molecule has 2 rings (SSSR count). The van der Waals surface area contributed by atoms with Crippen molar-refractivity contribution in [2.24, 2.45) is 4.99 Å². The van der Waals surface area contributed by atoms with E-state index in [-0.39, 0.29) is 16.6 Å². The molecule has 7 nitrogen and oxygen atoms in total. The van der Waals surface area contributed by atoms with E-state index >= 15 is 0 Å². The monoisotopic (exact) mass is 311 g/mol. The number of benzene rings is 1. The maximum Gasteiger partial charge on any atom is 0.263 e. The SMILES string of the molecule is COCCNC(=O)C(C)N=C1NS(=O)(=O)c2ccccc21. The first-order valence-electron chi connectivity index (χ1n) is 6.42. The van der Waals surface area contributed by atoms with Crippen LogP contribution < -0.4 is 10.0 Å². The number of fused-ring (bicyclic) bond motifs is 1. The highest BCUT2D eigenvalue weighted by Crippen LogP contribution is 2.22. The third-order valence-electron chi connectivity index (χ3n) is 2.97. The van der Waals surface area contributed by atoms with Crippen LogP contribution in [0.2, 0.25) is 0 Å². The Kier molecular flexibility index (Phi) is 4.59. The lowest BCUT2D eigenvalue weighted by Gasteiger charge is -2.09. The summed E-state index contributed by atoms with van der Waals surface area (Å²) in [7, 11) is -2.04. The minimum Gasteiger partial charge on any atom is -0.383 e. The fraction of sp³-hybridized carbons (Fsp3) is 0.385. The zero-order chi connectivity index (χ0) is 15.5. The molecular weight excluding hydrogens is 294 g/mol. The van der Waals surface area contributed by atoms with E-state index < -0.39 is 16.1 Å². The van der Waals surface area contributed by atoms with E-state index in [1.807, 2.05) is 0 Å². The maximum atomic E-state index is 11.9. The number of hydrogen-bond acceptors (Lipinski definition) is 5. The van der Waals surface area contributed by atoms with Gasteiger partial charge in [0.2, 0.25) is 5.91 Å². The molecule has 0 spiro atoms. The molecule has 0 aromatic heterocycles. The van der Waals surface area contributed by atoms with Crippen LogP contribution in [0, 0.1) is 0 Å².